The van der Waals surface area contributed by atoms with Crippen molar-refractivity contribution in [2.45, 2.75) is 13.0 Å². The fourth-order valence-corrected chi connectivity index (χ4v) is 2.16. The van der Waals surface area contributed by atoms with E-state index in [1.54, 1.807) is 6.92 Å². The quantitative estimate of drug-likeness (QED) is 0.839. The van der Waals surface area contributed by atoms with Crippen LogP contribution in [0.15, 0.2) is 30.3 Å². The molecule has 0 aliphatic rings. The minimum atomic E-state index is -1.12. The topological polar surface area (TPSA) is 12.0 Å². The standard InChI is InChI=1S/C15H12F5N/c1-2-21-15(8-3-9(16)5-10(17)4-8)14-12(19)6-11(18)7-13(14)20/h3-7,15,21H,2H2,1H3. The Kier molecular flexibility index (Phi) is 4.57. The van der Waals surface area contributed by atoms with Gasteiger partial charge in [0.1, 0.15) is 29.1 Å². The summed E-state index contributed by atoms with van der Waals surface area (Å²) in [6.07, 6.45) is 0. The Balaban J connectivity index is 2.58. The van der Waals surface area contributed by atoms with Gasteiger partial charge in [-0.25, -0.2) is 22.0 Å². The summed E-state index contributed by atoms with van der Waals surface area (Å²) in [6, 6.07) is 2.53. The molecule has 0 heterocycles. The highest BCUT2D eigenvalue weighted by Crippen LogP contribution is 2.28. The maximum Gasteiger partial charge on any atom is 0.134 e. The molecule has 1 N–H and O–H groups in total. The predicted octanol–water partition coefficient (Wildman–Crippen LogP) is 4.08. The molecule has 0 saturated heterocycles. The maximum absolute atomic E-state index is 13.9. The lowest BCUT2D eigenvalue weighted by atomic mass is 9.97. The van der Waals surface area contributed by atoms with E-state index in [0.29, 0.717) is 24.7 Å². The Morgan fingerprint density at radius 2 is 1.29 bits per heavy atom. The van der Waals surface area contributed by atoms with Crippen LogP contribution >= 0.6 is 0 Å². The summed E-state index contributed by atoms with van der Waals surface area (Å²) in [5.41, 5.74) is -0.470. The van der Waals surface area contributed by atoms with Crippen LogP contribution < -0.4 is 5.32 Å². The Labute approximate surface area is 118 Å². The zero-order valence-corrected chi connectivity index (χ0v) is 11.1. The van der Waals surface area contributed by atoms with E-state index in [4.69, 9.17) is 0 Å². The molecular formula is C15H12F5N. The number of halogens is 5. The molecule has 0 aliphatic carbocycles. The first kappa shape index (κ1) is 15.4. The summed E-state index contributed by atoms with van der Waals surface area (Å²) in [5.74, 6) is -5.03. The van der Waals surface area contributed by atoms with Crippen molar-refractivity contribution >= 4 is 0 Å². The van der Waals surface area contributed by atoms with Gasteiger partial charge in [-0.1, -0.05) is 6.92 Å². The van der Waals surface area contributed by atoms with Crippen molar-refractivity contribution in [2.75, 3.05) is 6.54 Å². The van der Waals surface area contributed by atoms with Crippen molar-refractivity contribution in [1.29, 1.82) is 0 Å². The average molecular weight is 301 g/mol. The minimum absolute atomic E-state index is 0.0127. The SMILES string of the molecule is CCNC(c1cc(F)cc(F)c1)c1c(F)cc(F)cc1F. The third-order valence-corrected chi connectivity index (χ3v) is 2.96. The van der Waals surface area contributed by atoms with Crippen LogP contribution in [0.5, 0.6) is 0 Å². The van der Waals surface area contributed by atoms with E-state index in [1.807, 2.05) is 0 Å². The Morgan fingerprint density at radius 3 is 1.76 bits per heavy atom. The molecule has 0 aromatic heterocycles. The van der Waals surface area contributed by atoms with E-state index in [1.165, 1.54) is 0 Å². The van der Waals surface area contributed by atoms with Crippen molar-refractivity contribution in [3.8, 4) is 0 Å². The van der Waals surface area contributed by atoms with Gasteiger partial charge in [0.2, 0.25) is 0 Å². The van der Waals surface area contributed by atoms with E-state index >= 15 is 0 Å². The van der Waals surface area contributed by atoms with Crippen LogP contribution in [0.1, 0.15) is 24.1 Å². The zero-order valence-electron chi connectivity index (χ0n) is 11.1. The second-order valence-corrected chi connectivity index (χ2v) is 4.48. The van der Waals surface area contributed by atoms with Gasteiger partial charge in [-0.3, -0.25) is 0 Å². The van der Waals surface area contributed by atoms with Gasteiger partial charge in [-0.2, -0.15) is 0 Å². The van der Waals surface area contributed by atoms with Gasteiger partial charge in [-0.05, 0) is 24.2 Å². The highest BCUT2D eigenvalue weighted by atomic mass is 19.2. The second-order valence-electron chi connectivity index (χ2n) is 4.48. The first-order valence-electron chi connectivity index (χ1n) is 6.26. The maximum atomic E-state index is 13.9. The van der Waals surface area contributed by atoms with Crippen LogP contribution in [0.2, 0.25) is 0 Å². The molecule has 0 bridgehead atoms. The normalized spacial score (nSPS) is 12.5. The fourth-order valence-electron chi connectivity index (χ4n) is 2.16. The summed E-state index contributed by atoms with van der Waals surface area (Å²) in [7, 11) is 0. The molecule has 21 heavy (non-hydrogen) atoms. The largest absolute Gasteiger partial charge is 0.306 e. The van der Waals surface area contributed by atoms with E-state index in [0.717, 1.165) is 12.1 Å². The van der Waals surface area contributed by atoms with Crippen molar-refractivity contribution in [3.63, 3.8) is 0 Å². The molecular weight excluding hydrogens is 289 g/mol. The van der Waals surface area contributed by atoms with Gasteiger partial charge >= 0.3 is 0 Å². The van der Waals surface area contributed by atoms with Crippen LogP contribution in [-0.4, -0.2) is 6.54 Å². The lowest BCUT2D eigenvalue weighted by Crippen LogP contribution is -2.24. The highest BCUT2D eigenvalue weighted by molar-refractivity contribution is 5.34. The lowest BCUT2D eigenvalue weighted by Gasteiger charge is -2.20. The van der Waals surface area contributed by atoms with Crippen molar-refractivity contribution < 1.29 is 22.0 Å². The van der Waals surface area contributed by atoms with E-state index in [2.05, 4.69) is 5.32 Å². The van der Waals surface area contributed by atoms with Crippen LogP contribution in [0, 0.1) is 29.1 Å². The third kappa shape index (κ3) is 3.39. The summed E-state index contributed by atoms with van der Waals surface area (Å²) < 4.78 is 67.3. The van der Waals surface area contributed by atoms with Gasteiger partial charge in [0.15, 0.2) is 0 Å². The van der Waals surface area contributed by atoms with E-state index in [9.17, 15) is 22.0 Å². The molecule has 0 fully saturated rings. The minimum Gasteiger partial charge on any atom is -0.306 e. The van der Waals surface area contributed by atoms with Gasteiger partial charge in [-0.15, -0.1) is 0 Å². The van der Waals surface area contributed by atoms with Crippen LogP contribution in [0.25, 0.3) is 0 Å². The number of rotatable bonds is 4. The third-order valence-electron chi connectivity index (χ3n) is 2.96. The number of hydrogen-bond donors (Lipinski definition) is 1. The molecule has 0 aliphatic heterocycles. The van der Waals surface area contributed by atoms with Crippen molar-refractivity contribution in [2.24, 2.45) is 0 Å². The lowest BCUT2D eigenvalue weighted by molar-refractivity contribution is 0.488. The summed E-state index contributed by atoms with van der Waals surface area (Å²) >= 11 is 0. The van der Waals surface area contributed by atoms with Crippen LogP contribution in [-0.2, 0) is 0 Å². The summed E-state index contributed by atoms with van der Waals surface area (Å²) in [6.45, 7) is 1.96. The fraction of sp³-hybridized carbons (Fsp3) is 0.200. The van der Waals surface area contributed by atoms with Gasteiger partial charge in [0.05, 0.1) is 6.04 Å². The summed E-state index contributed by atoms with van der Waals surface area (Å²) in [5, 5.41) is 2.73. The number of hydrogen-bond acceptors (Lipinski definition) is 1. The van der Waals surface area contributed by atoms with E-state index < -0.39 is 40.7 Å². The molecule has 2 aromatic rings. The predicted molar refractivity (Wildman–Crippen MR) is 68.2 cm³/mol. The molecule has 2 aromatic carbocycles. The highest BCUT2D eigenvalue weighted by Gasteiger charge is 2.23. The van der Waals surface area contributed by atoms with Gasteiger partial charge in [0, 0.05) is 23.8 Å². The first-order valence-corrected chi connectivity index (χ1v) is 6.26. The van der Waals surface area contributed by atoms with Gasteiger partial charge < -0.3 is 5.32 Å². The van der Waals surface area contributed by atoms with E-state index in [-0.39, 0.29) is 5.56 Å². The Hall–Kier alpha value is -1.95. The molecule has 0 amide bonds. The smallest absolute Gasteiger partial charge is 0.134 e. The average Bonchev–Trinajstić information content (AvgIpc) is 2.35. The molecule has 0 spiro atoms. The summed E-state index contributed by atoms with van der Waals surface area (Å²) in [4.78, 5) is 0. The molecule has 6 heteroatoms. The number of benzene rings is 2. The van der Waals surface area contributed by atoms with Crippen LogP contribution in [0.4, 0.5) is 22.0 Å². The first-order chi connectivity index (χ1) is 9.92. The molecule has 0 radical (unpaired) electrons. The zero-order chi connectivity index (χ0) is 15.6. The van der Waals surface area contributed by atoms with Gasteiger partial charge in [0.25, 0.3) is 0 Å². The second kappa shape index (κ2) is 6.22. The molecule has 2 rings (SSSR count). The molecule has 1 unspecified atom stereocenters. The Bertz CT molecular complexity index is 613. The van der Waals surface area contributed by atoms with Crippen LogP contribution in [0.3, 0.4) is 0 Å². The Morgan fingerprint density at radius 1 is 0.810 bits per heavy atom. The molecule has 1 atom stereocenters. The molecule has 0 saturated carbocycles. The van der Waals surface area contributed by atoms with Crippen molar-refractivity contribution in [1.82, 2.24) is 5.32 Å². The number of nitrogens with one attached hydrogen (secondary N) is 1. The monoisotopic (exact) mass is 301 g/mol. The molecule has 112 valence electrons. The molecule has 1 nitrogen and oxygen atoms in total. The van der Waals surface area contributed by atoms with Crippen molar-refractivity contribution in [3.05, 3.63) is 70.5 Å².